The second-order valence-electron chi connectivity index (χ2n) is 3.84. The molecule has 0 bridgehead atoms. The predicted molar refractivity (Wildman–Crippen MR) is 76.4 cm³/mol. The van der Waals surface area contributed by atoms with Gasteiger partial charge in [0, 0.05) is 18.5 Å². The molecule has 1 aromatic carbocycles. The van der Waals surface area contributed by atoms with Crippen LogP contribution < -0.4 is 11.1 Å². The molecule has 1 rings (SSSR count). The monoisotopic (exact) mass is 307 g/mol. The zero-order valence-corrected chi connectivity index (χ0v) is 12.0. The van der Waals surface area contributed by atoms with E-state index < -0.39 is 11.7 Å². The van der Waals surface area contributed by atoms with E-state index in [0.717, 1.165) is 6.42 Å². The van der Waals surface area contributed by atoms with Crippen molar-refractivity contribution in [2.24, 2.45) is 5.73 Å². The van der Waals surface area contributed by atoms with Gasteiger partial charge >= 0.3 is 0 Å². The molecule has 1 amide bonds. The van der Waals surface area contributed by atoms with E-state index in [9.17, 15) is 9.18 Å². The highest BCUT2D eigenvalue weighted by Gasteiger charge is 2.15. The van der Waals surface area contributed by atoms with Gasteiger partial charge in [0.25, 0.3) is 0 Å². The minimum Gasteiger partial charge on any atom is -0.384 e. The fourth-order valence-electron chi connectivity index (χ4n) is 1.49. The first-order chi connectivity index (χ1) is 8.47. The van der Waals surface area contributed by atoms with E-state index in [-0.39, 0.29) is 41.0 Å². The molecule has 0 atom stereocenters. The van der Waals surface area contributed by atoms with E-state index in [0.29, 0.717) is 6.42 Å². The van der Waals surface area contributed by atoms with Gasteiger partial charge < -0.3 is 11.1 Å². The molecule has 0 fully saturated rings. The predicted octanol–water partition coefficient (Wildman–Crippen LogP) is 2.60. The minimum atomic E-state index is -0.660. The Hall–Kier alpha value is -1.33. The van der Waals surface area contributed by atoms with Crippen LogP contribution in [0.15, 0.2) is 12.1 Å². The SMILES string of the molecule is CCCC(=O)NCc1ccc(Cl)c(C(=N)N)c1F.Cl. The van der Waals surface area contributed by atoms with Gasteiger partial charge in [-0.05, 0) is 12.5 Å². The Kier molecular flexibility index (Phi) is 7.41. The average Bonchev–Trinajstić information content (AvgIpc) is 2.28. The van der Waals surface area contributed by atoms with E-state index in [1.807, 2.05) is 6.92 Å². The van der Waals surface area contributed by atoms with Crippen molar-refractivity contribution in [3.8, 4) is 0 Å². The van der Waals surface area contributed by atoms with Crippen LogP contribution in [0, 0.1) is 11.2 Å². The molecule has 7 heteroatoms. The maximum atomic E-state index is 14.0. The first-order valence-corrected chi connectivity index (χ1v) is 5.93. The molecular formula is C12H16Cl2FN3O. The van der Waals surface area contributed by atoms with Crippen LogP contribution in [0.5, 0.6) is 0 Å². The van der Waals surface area contributed by atoms with Gasteiger partial charge in [0.2, 0.25) is 5.91 Å². The van der Waals surface area contributed by atoms with Crippen LogP contribution in [-0.2, 0) is 11.3 Å². The van der Waals surface area contributed by atoms with Gasteiger partial charge in [0.15, 0.2) is 0 Å². The normalized spacial score (nSPS) is 9.63. The number of nitrogen functional groups attached to an aromatic ring is 1. The highest BCUT2D eigenvalue weighted by molar-refractivity contribution is 6.34. The van der Waals surface area contributed by atoms with E-state index >= 15 is 0 Å². The molecule has 0 radical (unpaired) electrons. The molecule has 0 aliphatic carbocycles. The summed E-state index contributed by atoms with van der Waals surface area (Å²) in [5.74, 6) is -1.23. The lowest BCUT2D eigenvalue weighted by atomic mass is 10.1. The zero-order valence-electron chi connectivity index (χ0n) is 10.4. The molecule has 0 saturated carbocycles. The summed E-state index contributed by atoms with van der Waals surface area (Å²) in [6, 6.07) is 2.93. The van der Waals surface area contributed by atoms with Crippen molar-refractivity contribution in [1.29, 1.82) is 5.41 Å². The van der Waals surface area contributed by atoms with Crippen LogP contribution in [0.4, 0.5) is 4.39 Å². The Balaban J connectivity index is 0.00000324. The fraction of sp³-hybridized carbons (Fsp3) is 0.333. The van der Waals surface area contributed by atoms with Gasteiger partial charge in [-0.2, -0.15) is 0 Å². The summed E-state index contributed by atoms with van der Waals surface area (Å²) in [5.41, 5.74) is 5.39. The summed E-state index contributed by atoms with van der Waals surface area (Å²) in [6.45, 7) is 1.94. The minimum absolute atomic E-state index is 0. The Bertz CT molecular complexity index is 480. The van der Waals surface area contributed by atoms with Gasteiger partial charge in [0.1, 0.15) is 11.7 Å². The van der Waals surface area contributed by atoms with E-state index in [1.165, 1.54) is 12.1 Å². The molecule has 0 aromatic heterocycles. The largest absolute Gasteiger partial charge is 0.384 e. The Labute approximate surface area is 122 Å². The summed E-state index contributed by atoms with van der Waals surface area (Å²) in [7, 11) is 0. The number of amidine groups is 1. The zero-order chi connectivity index (χ0) is 13.7. The molecule has 1 aromatic rings. The molecule has 19 heavy (non-hydrogen) atoms. The third-order valence-corrected chi connectivity index (χ3v) is 2.71. The van der Waals surface area contributed by atoms with E-state index in [2.05, 4.69) is 5.32 Å². The lowest BCUT2D eigenvalue weighted by molar-refractivity contribution is -0.121. The number of halogens is 3. The molecule has 106 valence electrons. The Morgan fingerprint density at radius 3 is 2.68 bits per heavy atom. The maximum absolute atomic E-state index is 14.0. The smallest absolute Gasteiger partial charge is 0.220 e. The molecule has 0 heterocycles. The number of carbonyl (C=O) groups is 1. The molecule has 4 nitrogen and oxygen atoms in total. The van der Waals surface area contributed by atoms with Crippen LogP contribution in [-0.4, -0.2) is 11.7 Å². The third kappa shape index (κ3) is 4.69. The van der Waals surface area contributed by atoms with Crippen molar-refractivity contribution in [2.75, 3.05) is 0 Å². The van der Waals surface area contributed by atoms with E-state index in [4.69, 9.17) is 22.7 Å². The summed E-state index contributed by atoms with van der Waals surface area (Å²) >= 11 is 5.76. The molecule has 0 spiro atoms. The summed E-state index contributed by atoms with van der Waals surface area (Å²) < 4.78 is 14.0. The highest BCUT2D eigenvalue weighted by Crippen LogP contribution is 2.21. The van der Waals surface area contributed by atoms with Crippen LogP contribution in [0.3, 0.4) is 0 Å². The van der Waals surface area contributed by atoms with Crippen LogP contribution in [0.1, 0.15) is 30.9 Å². The number of carbonyl (C=O) groups excluding carboxylic acids is 1. The number of nitrogens with two attached hydrogens (primary N) is 1. The van der Waals surface area contributed by atoms with Gasteiger partial charge in [-0.15, -0.1) is 12.4 Å². The number of nitrogens with one attached hydrogen (secondary N) is 2. The standard InChI is InChI=1S/C12H15ClFN3O.ClH/c1-2-3-9(18)17-6-7-4-5-8(13)10(11(7)14)12(15)16;/h4-5H,2-3,6H2,1H3,(H3,15,16)(H,17,18);1H. The average molecular weight is 308 g/mol. The molecular weight excluding hydrogens is 292 g/mol. The lowest BCUT2D eigenvalue weighted by Crippen LogP contribution is -2.23. The first kappa shape index (κ1) is 17.7. The van der Waals surface area contributed by atoms with Crippen molar-refractivity contribution in [2.45, 2.75) is 26.3 Å². The molecule has 0 unspecified atom stereocenters. The Morgan fingerprint density at radius 1 is 1.53 bits per heavy atom. The number of rotatable bonds is 5. The van der Waals surface area contributed by atoms with Crippen molar-refractivity contribution in [3.05, 3.63) is 34.1 Å². The van der Waals surface area contributed by atoms with Crippen LogP contribution in [0.25, 0.3) is 0 Å². The van der Waals surface area contributed by atoms with Gasteiger partial charge in [-0.25, -0.2) is 4.39 Å². The quantitative estimate of drug-likeness (QED) is 0.577. The first-order valence-electron chi connectivity index (χ1n) is 5.55. The Morgan fingerprint density at radius 2 is 2.16 bits per heavy atom. The van der Waals surface area contributed by atoms with Crippen molar-refractivity contribution < 1.29 is 9.18 Å². The highest BCUT2D eigenvalue weighted by atomic mass is 35.5. The third-order valence-electron chi connectivity index (χ3n) is 2.39. The van der Waals surface area contributed by atoms with Gasteiger partial charge in [0.05, 0.1) is 10.6 Å². The van der Waals surface area contributed by atoms with Gasteiger partial charge in [-0.1, -0.05) is 24.6 Å². The van der Waals surface area contributed by atoms with Gasteiger partial charge in [-0.3, -0.25) is 10.2 Å². The topological polar surface area (TPSA) is 79.0 Å². The molecule has 4 N–H and O–H groups in total. The second-order valence-corrected chi connectivity index (χ2v) is 4.24. The molecule has 0 saturated heterocycles. The second kappa shape index (κ2) is 7.96. The molecule has 0 aliphatic rings. The summed E-state index contributed by atoms with van der Waals surface area (Å²) in [4.78, 5) is 11.3. The molecule has 0 aliphatic heterocycles. The van der Waals surface area contributed by atoms with Crippen LogP contribution in [0.2, 0.25) is 5.02 Å². The van der Waals surface area contributed by atoms with E-state index in [1.54, 1.807) is 0 Å². The summed E-state index contributed by atoms with van der Waals surface area (Å²) in [5, 5.41) is 9.94. The number of benzene rings is 1. The summed E-state index contributed by atoms with van der Waals surface area (Å²) in [6.07, 6.45) is 1.13. The van der Waals surface area contributed by atoms with Crippen molar-refractivity contribution in [3.63, 3.8) is 0 Å². The number of hydrogen-bond acceptors (Lipinski definition) is 2. The lowest BCUT2D eigenvalue weighted by Gasteiger charge is -2.10. The van der Waals surface area contributed by atoms with Crippen LogP contribution >= 0.6 is 24.0 Å². The fourth-order valence-corrected chi connectivity index (χ4v) is 1.74. The van der Waals surface area contributed by atoms with Crippen molar-refractivity contribution in [1.82, 2.24) is 5.32 Å². The van der Waals surface area contributed by atoms with Crippen molar-refractivity contribution >= 4 is 35.8 Å². The maximum Gasteiger partial charge on any atom is 0.220 e. The number of amides is 1. The number of hydrogen-bond donors (Lipinski definition) is 3.